The van der Waals surface area contributed by atoms with E-state index in [0.717, 1.165) is 0 Å². The van der Waals surface area contributed by atoms with Crippen molar-refractivity contribution in [3.05, 3.63) is 28.2 Å². The summed E-state index contributed by atoms with van der Waals surface area (Å²) in [6.07, 6.45) is 0.265. The third kappa shape index (κ3) is 4.46. The van der Waals surface area contributed by atoms with E-state index in [9.17, 15) is 9.59 Å². The van der Waals surface area contributed by atoms with Gasteiger partial charge in [0.25, 0.3) is 0 Å². The molecule has 6 heteroatoms. The van der Waals surface area contributed by atoms with Gasteiger partial charge in [0.15, 0.2) is 0 Å². The average Bonchev–Trinajstić information content (AvgIpc) is 2.32. The molecular formula is C12H14BrNO4. The molecule has 1 aromatic carbocycles. The zero-order valence-electron chi connectivity index (χ0n) is 9.90. The summed E-state index contributed by atoms with van der Waals surface area (Å²) < 4.78 is 5.61. The van der Waals surface area contributed by atoms with E-state index in [1.54, 1.807) is 6.07 Å². The molecule has 0 spiro atoms. The molecule has 0 saturated heterocycles. The highest BCUT2D eigenvalue weighted by molar-refractivity contribution is 9.10. The van der Waals surface area contributed by atoms with Crippen LogP contribution in [-0.4, -0.2) is 30.2 Å². The van der Waals surface area contributed by atoms with Crippen molar-refractivity contribution in [3.63, 3.8) is 0 Å². The molecule has 0 aromatic heterocycles. The lowest BCUT2D eigenvalue weighted by Gasteiger charge is -2.08. The maximum absolute atomic E-state index is 11.5. The Hall–Kier alpha value is -1.40. The highest BCUT2D eigenvalue weighted by Crippen LogP contribution is 2.23. The highest BCUT2D eigenvalue weighted by atomic mass is 79.9. The van der Waals surface area contributed by atoms with Gasteiger partial charge in [-0.3, -0.25) is 4.79 Å². The molecular weight excluding hydrogens is 302 g/mol. The molecule has 1 rings (SSSR count). The molecule has 0 aliphatic rings. The number of rotatable bonds is 6. The van der Waals surface area contributed by atoms with Gasteiger partial charge in [0.05, 0.1) is 24.3 Å². The number of hydrogen-bond acceptors (Lipinski definition) is 3. The van der Waals surface area contributed by atoms with E-state index < -0.39 is 5.97 Å². The van der Waals surface area contributed by atoms with Crippen LogP contribution in [0.1, 0.15) is 23.7 Å². The van der Waals surface area contributed by atoms with Crippen molar-refractivity contribution in [1.29, 1.82) is 0 Å². The minimum atomic E-state index is -1.01. The number of carboxylic acid groups (broad SMARTS) is 1. The lowest BCUT2D eigenvalue weighted by Crippen LogP contribution is -2.14. The molecule has 0 fully saturated rings. The third-order valence-electron chi connectivity index (χ3n) is 2.17. The highest BCUT2D eigenvalue weighted by Gasteiger charge is 2.09. The Morgan fingerprint density at radius 2 is 2.17 bits per heavy atom. The molecule has 0 aliphatic heterocycles. The molecule has 0 heterocycles. The van der Waals surface area contributed by atoms with Crippen molar-refractivity contribution in [2.75, 3.05) is 18.5 Å². The summed E-state index contributed by atoms with van der Waals surface area (Å²) in [5, 5.41) is 11.5. The maximum Gasteiger partial charge on any atom is 0.335 e. The Labute approximate surface area is 113 Å². The number of carboxylic acids is 1. The number of hydrogen-bond donors (Lipinski definition) is 2. The summed E-state index contributed by atoms with van der Waals surface area (Å²) in [4.78, 5) is 22.3. The average molecular weight is 316 g/mol. The van der Waals surface area contributed by atoms with E-state index in [0.29, 0.717) is 23.4 Å². The Morgan fingerprint density at radius 1 is 1.44 bits per heavy atom. The number of ether oxygens (including phenoxy) is 1. The Morgan fingerprint density at radius 3 is 2.72 bits per heavy atom. The number of nitrogens with one attached hydrogen (secondary N) is 1. The van der Waals surface area contributed by atoms with Crippen LogP contribution in [0.15, 0.2) is 22.7 Å². The Balaban J connectivity index is 2.62. The van der Waals surface area contributed by atoms with Gasteiger partial charge < -0.3 is 15.2 Å². The molecule has 1 amide bonds. The number of benzene rings is 1. The molecule has 2 N–H and O–H groups in total. The summed E-state index contributed by atoms with van der Waals surface area (Å²) in [6, 6.07) is 4.43. The van der Waals surface area contributed by atoms with Crippen molar-refractivity contribution < 1.29 is 19.4 Å². The topological polar surface area (TPSA) is 75.6 Å². The smallest absolute Gasteiger partial charge is 0.335 e. The first-order valence-electron chi connectivity index (χ1n) is 5.45. The van der Waals surface area contributed by atoms with E-state index in [4.69, 9.17) is 9.84 Å². The molecule has 98 valence electrons. The van der Waals surface area contributed by atoms with Gasteiger partial charge in [-0.05, 0) is 41.1 Å². The number of amides is 1. The normalized spacial score (nSPS) is 10.1. The summed E-state index contributed by atoms with van der Waals surface area (Å²) in [7, 11) is 0. The van der Waals surface area contributed by atoms with Crippen LogP contribution in [-0.2, 0) is 9.53 Å². The van der Waals surface area contributed by atoms with Crippen LogP contribution < -0.4 is 5.32 Å². The second kappa shape index (κ2) is 7.13. The molecule has 0 atom stereocenters. The van der Waals surface area contributed by atoms with Crippen LogP contribution in [0.3, 0.4) is 0 Å². The van der Waals surface area contributed by atoms with E-state index in [2.05, 4.69) is 21.2 Å². The molecule has 0 aliphatic carbocycles. The summed E-state index contributed by atoms with van der Waals surface area (Å²) in [6.45, 7) is 2.80. The van der Waals surface area contributed by atoms with Crippen LogP contribution in [0.2, 0.25) is 0 Å². The predicted molar refractivity (Wildman–Crippen MR) is 70.8 cm³/mol. The zero-order valence-corrected chi connectivity index (χ0v) is 11.5. The van der Waals surface area contributed by atoms with E-state index in [-0.39, 0.29) is 17.9 Å². The SMILES string of the molecule is CCOCCC(=O)Nc1ccc(C(=O)O)cc1Br. The standard InChI is InChI=1S/C12H14BrNO4/c1-2-18-6-5-11(15)14-10-4-3-8(12(16)17)7-9(10)13/h3-4,7H,2,5-6H2,1H3,(H,14,15)(H,16,17). The van der Waals surface area contributed by atoms with Gasteiger partial charge in [-0.25, -0.2) is 4.79 Å². The van der Waals surface area contributed by atoms with Gasteiger partial charge >= 0.3 is 5.97 Å². The number of anilines is 1. The van der Waals surface area contributed by atoms with E-state index in [1.807, 2.05) is 6.92 Å². The molecule has 0 unspecified atom stereocenters. The van der Waals surface area contributed by atoms with Gasteiger partial charge in [-0.2, -0.15) is 0 Å². The van der Waals surface area contributed by atoms with Crippen LogP contribution in [0, 0.1) is 0 Å². The van der Waals surface area contributed by atoms with Crippen molar-refractivity contribution in [2.24, 2.45) is 0 Å². The lowest BCUT2D eigenvalue weighted by atomic mass is 10.2. The minimum absolute atomic E-state index is 0.161. The minimum Gasteiger partial charge on any atom is -0.478 e. The first kappa shape index (κ1) is 14.7. The van der Waals surface area contributed by atoms with E-state index >= 15 is 0 Å². The molecule has 0 saturated carbocycles. The van der Waals surface area contributed by atoms with Crippen molar-refractivity contribution >= 4 is 33.5 Å². The summed E-state index contributed by atoms with van der Waals surface area (Å²) >= 11 is 3.22. The monoisotopic (exact) mass is 315 g/mol. The van der Waals surface area contributed by atoms with Crippen LogP contribution in [0.5, 0.6) is 0 Å². The van der Waals surface area contributed by atoms with Crippen molar-refractivity contribution in [1.82, 2.24) is 0 Å². The quantitative estimate of drug-likeness (QED) is 0.791. The number of carbonyl (C=O) groups excluding carboxylic acids is 1. The van der Waals surface area contributed by atoms with Crippen LogP contribution in [0.25, 0.3) is 0 Å². The van der Waals surface area contributed by atoms with E-state index in [1.165, 1.54) is 12.1 Å². The van der Waals surface area contributed by atoms with Gasteiger partial charge in [-0.1, -0.05) is 0 Å². The second-order valence-electron chi connectivity index (χ2n) is 3.49. The molecule has 5 nitrogen and oxygen atoms in total. The Bertz CT molecular complexity index is 448. The lowest BCUT2D eigenvalue weighted by molar-refractivity contribution is -0.117. The Kier molecular flexibility index (Phi) is 5.80. The number of carbonyl (C=O) groups is 2. The van der Waals surface area contributed by atoms with Gasteiger partial charge in [-0.15, -0.1) is 0 Å². The number of halogens is 1. The zero-order chi connectivity index (χ0) is 13.5. The van der Waals surface area contributed by atoms with Crippen LogP contribution in [0.4, 0.5) is 5.69 Å². The molecule has 1 aromatic rings. The largest absolute Gasteiger partial charge is 0.478 e. The summed E-state index contributed by atoms with van der Waals surface area (Å²) in [5.74, 6) is -1.18. The number of aromatic carboxylic acids is 1. The first-order valence-corrected chi connectivity index (χ1v) is 6.24. The van der Waals surface area contributed by atoms with Crippen molar-refractivity contribution in [2.45, 2.75) is 13.3 Å². The third-order valence-corrected chi connectivity index (χ3v) is 2.82. The van der Waals surface area contributed by atoms with Gasteiger partial charge in [0.2, 0.25) is 5.91 Å². The maximum atomic E-state index is 11.5. The van der Waals surface area contributed by atoms with Gasteiger partial charge in [0.1, 0.15) is 0 Å². The van der Waals surface area contributed by atoms with Crippen LogP contribution >= 0.6 is 15.9 Å². The molecule has 0 bridgehead atoms. The molecule has 18 heavy (non-hydrogen) atoms. The summed E-state index contributed by atoms with van der Waals surface area (Å²) in [5.41, 5.74) is 0.704. The fourth-order valence-corrected chi connectivity index (χ4v) is 1.75. The first-order chi connectivity index (χ1) is 8.54. The van der Waals surface area contributed by atoms with Gasteiger partial charge in [0, 0.05) is 11.1 Å². The second-order valence-corrected chi connectivity index (χ2v) is 4.35. The predicted octanol–water partition coefficient (Wildman–Crippen LogP) is 2.51. The fraction of sp³-hybridized carbons (Fsp3) is 0.333. The molecule has 0 radical (unpaired) electrons. The fourth-order valence-electron chi connectivity index (χ4n) is 1.27. The van der Waals surface area contributed by atoms with Crippen molar-refractivity contribution in [3.8, 4) is 0 Å².